The maximum absolute atomic E-state index is 12.1. The van der Waals surface area contributed by atoms with Gasteiger partial charge in [-0.25, -0.2) is 0 Å². The van der Waals surface area contributed by atoms with Gasteiger partial charge in [-0.15, -0.1) is 0 Å². The molecular weight excluding hydrogens is 340 g/mol. The molecule has 6 nitrogen and oxygen atoms in total. The van der Waals surface area contributed by atoms with E-state index in [1.54, 1.807) is 30.0 Å². The number of carbonyl (C=O) groups is 2. The van der Waals surface area contributed by atoms with Crippen LogP contribution in [0.1, 0.15) is 47.8 Å². The molecule has 1 heterocycles. The van der Waals surface area contributed by atoms with Gasteiger partial charge in [0.25, 0.3) is 0 Å². The van der Waals surface area contributed by atoms with Gasteiger partial charge in [-0.05, 0) is 54.8 Å². The Morgan fingerprint density at radius 1 is 1.26 bits per heavy atom. The third-order valence-corrected chi connectivity index (χ3v) is 4.88. The van der Waals surface area contributed by atoms with Crippen LogP contribution in [0.4, 0.5) is 11.4 Å². The van der Waals surface area contributed by atoms with Crippen LogP contribution in [0.15, 0.2) is 42.5 Å². The largest absolute Gasteiger partial charge is 0.378 e. The molecule has 0 radical (unpaired) electrons. The van der Waals surface area contributed by atoms with E-state index in [9.17, 15) is 9.59 Å². The minimum absolute atomic E-state index is 0.0183. The summed E-state index contributed by atoms with van der Waals surface area (Å²) in [6, 6.07) is 15.0. The first-order valence-corrected chi connectivity index (χ1v) is 8.86. The SMILES string of the molecule is CC(=O)N1c2ccc(C(N)=O)cc2C(Nc2ccc(CC#N)cc2)CC1C. The molecule has 2 atom stereocenters. The Morgan fingerprint density at radius 3 is 2.56 bits per heavy atom. The lowest BCUT2D eigenvalue weighted by Crippen LogP contribution is -2.43. The molecule has 0 bridgehead atoms. The first-order chi connectivity index (χ1) is 12.9. The molecule has 3 rings (SSSR count). The van der Waals surface area contributed by atoms with E-state index in [4.69, 9.17) is 11.0 Å². The lowest BCUT2D eigenvalue weighted by Gasteiger charge is -2.39. The number of fused-ring (bicyclic) bond motifs is 1. The van der Waals surface area contributed by atoms with Crippen LogP contribution < -0.4 is 16.0 Å². The Bertz CT molecular complexity index is 915. The van der Waals surface area contributed by atoms with Gasteiger partial charge in [0.2, 0.25) is 11.8 Å². The van der Waals surface area contributed by atoms with Crippen molar-refractivity contribution in [2.75, 3.05) is 10.2 Å². The molecule has 2 aromatic rings. The molecule has 3 N–H and O–H groups in total. The van der Waals surface area contributed by atoms with Crippen LogP contribution in [-0.4, -0.2) is 17.9 Å². The molecule has 1 aliphatic heterocycles. The number of hydrogen-bond acceptors (Lipinski definition) is 4. The average molecular weight is 362 g/mol. The van der Waals surface area contributed by atoms with Crippen LogP contribution in [0.2, 0.25) is 0 Å². The van der Waals surface area contributed by atoms with Crippen molar-refractivity contribution in [3.63, 3.8) is 0 Å². The number of primary amides is 1. The van der Waals surface area contributed by atoms with Crippen molar-refractivity contribution >= 4 is 23.2 Å². The van der Waals surface area contributed by atoms with E-state index in [1.165, 1.54) is 0 Å². The van der Waals surface area contributed by atoms with E-state index < -0.39 is 5.91 Å². The van der Waals surface area contributed by atoms with Gasteiger partial charge in [-0.3, -0.25) is 9.59 Å². The first kappa shape index (κ1) is 18.5. The van der Waals surface area contributed by atoms with Crippen molar-refractivity contribution in [1.29, 1.82) is 5.26 Å². The second kappa shape index (κ2) is 7.50. The van der Waals surface area contributed by atoms with E-state index in [0.717, 1.165) is 22.5 Å². The lowest BCUT2D eigenvalue weighted by atomic mass is 9.90. The second-order valence-corrected chi connectivity index (χ2v) is 6.84. The van der Waals surface area contributed by atoms with E-state index in [2.05, 4.69) is 11.4 Å². The van der Waals surface area contributed by atoms with Crippen LogP contribution in [0.5, 0.6) is 0 Å². The van der Waals surface area contributed by atoms with Crippen LogP contribution in [0, 0.1) is 11.3 Å². The fourth-order valence-electron chi connectivity index (χ4n) is 3.65. The number of nitrogens with zero attached hydrogens (tertiary/aromatic N) is 2. The fraction of sp³-hybridized carbons (Fsp3) is 0.286. The highest BCUT2D eigenvalue weighted by atomic mass is 16.2. The number of nitriles is 1. The monoisotopic (exact) mass is 362 g/mol. The van der Waals surface area contributed by atoms with E-state index in [0.29, 0.717) is 18.4 Å². The minimum atomic E-state index is -0.495. The summed E-state index contributed by atoms with van der Waals surface area (Å²) in [4.78, 5) is 25.5. The quantitative estimate of drug-likeness (QED) is 0.872. The smallest absolute Gasteiger partial charge is 0.248 e. The topological polar surface area (TPSA) is 99.2 Å². The molecule has 138 valence electrons. The van der Waals surface area contributed by atoms with E-state index in [1.807, 2.05) is 31.2 Å². The summed E-state index contributed by atoms with van der Waals surface area (Å²) >= 11 is 0. The third kappa shape index (κ3) is 3.77. The number of amides is 2. The van der Waals surface area contributed by atoms with Crippen molar-refractivity contribution in [2.24, 2.45) is 5.73 Å². The van der Waals surface area contributed by atoms with Gasteiger partial charge in [0.15, 0.2) is 0 Å². The zero-order chi connectivity index (χ0) is 19.6. The summed E-state index contributed by atoms with van der Waals surface area (Å²) in [6.45, 7) is 3.56. The van der Waals surface area contributed by atoms with Crippen LogP contribution in [0.3, 0.4) is 0 Å². The van der Waals surface area contributed by atoms with E-state index in [-0.39, 0.29) is 18.0 Å². The molecule has 2 aromatic carbocycles. The Morgan fingerprint density at radius 2 is 1.96 bits per heavy atom. The van der Waals surface area contributed by atoms with Crippen molar-refractivity contribution in [1.82, 2.24) is 0 Å². The Hall–Kier alpha value is -3.33. The Kier molecular flexibility index (Phi) is 5.13. The molecule has 0 fully saturated rings. The highest BCUT2D eigenvalue weighted by Crippen LogP contribution is 2.39. The maximum atomic E-state index is 12.1. The molecule has 2 unspecified atom stereocenters. The molecule has 2 amide bonds. The predicted octanol–water partition coefficient (Wildman–Crippen LogP) is 3.15. The first-order valence-electron chi connectivity index (χ1n) is 8.86. The zero-order valence-corrected chi connectivity index (χ0v) is 15.4. The molecule has 0 saturated carbocycles. The maximum Gasteiger partial charge on any atom is 0.248 e. The van der Waals surface area contributed by atoms with Crippen molar-refractivity contribution in [3.8, 4) is 6.07 Å². The summed E-state index contributed by atoms with van der Waals surface area (Å²) in [6.07, 6.45) is 1.08. The van der Waals surface area contributed by atoms with Crippen LogP contribution >= 0.6 is 0 Å². The molecule has 0 saturated heterocycles. The molecule has 1 aliphatic rings. The summed E-state index contributed by atoms with van der Waals surface area (Å²) in [7, 11) is 0. The van der Waals surface area contributed by atoms with Gasteiger partial charge in [0.1, 0.15) is 0 Å². The minimum Gasteiger partial charge on any atom is -0.378 e. The Balaban J connectivity index is 1.97. The van der Waals surface area contributed by atoms with Gasteiger partial charge < -0.3 is 16.0 Å². The molecule has 0 spiro atoms. The van der Waals surface area contributed by atoms with Crippen molar-refractivity contribution in [2.45, 2.75) is 38.8 Å². The number of hydrogen-bond donors (Lipinski definition) is 2. The van der Waals surface area contributed by atoms with Gasteiger partial charge in [0.05, 0.1) is 18.5 Å². The normalized spacial score (nSPS) is 18.3. The lowest BCUT2D eigenvalue weighted by molar-refractivity contribution is -0.117. The van der Waals surface area contributed by atoms with Crippen molar-refractivity contribution in [3.05, 3.63) is 59.2 Å². The number of benzene rings is 2. The molecular formula is C21H22N4O2. The summed E-state index contributed by atoms with van der Waals surface area (Å²) in [5, 5.41) is 12.3. The summed E-state index contributed by atoms with van der Waals surface area (Å²) in [5.74, 6) is -0.528. The standard InChI is InChI=1S/C21H22N4O2/c1-13-11-19(24-17-6-3-15(4-7-17)9-10-22)18-12-16(21(23)27)5-8-20(18)25(13)14(2)26/h3-8,12-13,19,24H,9,11H2,1-2H3,(H2,23,27). The van der Waals surface area contributed by atoms with Crippen LogP contribution in [-0.2, 0) is 11.2 Å². The zero-order valence-electron chi connectivity index (χ0n) is 15.4. The third-order valence-electron chi connectivity index (χ3n) is 4.88. The number of carbonyl (C=O) groups excluding carboxylic acids is 2. The highest BCUT2D eigenvalue weighted by molar-refractivity contribution is 5.97. The number of anilines is 2. The van der Waals surface area contributed by atoms with Gasteiger partial charge in [-0.1, -0.05) is 12.1 Å². The van der Waals surface area contributed by atoms with E-state index >= 15 is 0 Å². The highest BCUT2D eigenvalue weighted by Gasteiger charge is 2.32. The van der Waals surface area contributed by atoms with Gasteiger partial charge in [-0.2, -0.15) is 5.26 Å². The van der Waals surface area contributed by atoms with Gasteiger partial charge >= 0.3 is 0 Å². The van der Waals surface area contributed by atoms with Gasteiger partial charge in [0, 0.05) is 29.9 Å². The molecule has 0 aromatic heterocycles. The summed E-state index contributed by atoms with van der Waals surface area (Å²) in [5.41, 5.74) is 9.41. The molecule has 0 aliphatic carbocycles. The number of nitrogens with two attached hydrogens (primary N) is 1. The molecule has 6 heteroatoms. The second-order valence-electron chi connectivity index (χ2n) is 6.84. The predicted molar refractivity (Wildman–Crippen MR) is 104 cm³/mol. The van der Waals surface area contributed by atoms with Crippen LogP contribution in [0.25, 0.3) is 0 Å². The number of rotatable bonds is 4. The average Bonchev–Trinajstić information content (AvgIpc) is 2.62. The van der Waals surface area contributed by atoms with Crippen molar-refractivity contribution < 1.29 is 9.59 Å². The Labute approximate surface area is 158 Å². The summed E-state index contributed by atoms with van der Waals surface area (Å²) < 4.78 is 0. The molecule has 27 heavy (non-hydrogen) atoms. The number of nitrogens with one attached hydrogen (secondary N) is 1. The fourth-order valence-corrected chi connectivity index (χ4v) is 3.65.